The fourth-order valence-corrected chi connectivity index (χ4v) is 2.41. The van der Waals surface area contributed by atoms with Gasteiger partial charge in [-0.15, -0.1) is 0 Å². The molecule has 0 radical (unpaired) electrons. The van der Waals surface area contributed by atoms with Crippen molar-refractivity contribution >= 4 is 22.0 Å². The van der Waals surface area contributed by atoms with Gasteiger partial charge in [-0.3, -0.25) is 0 Å². The Balaban J connectivity index is 2.01. The number of ether oxygens (including phenoxy) is 2. The molecule has 1 aliphatic heterocycles. The van der Waals surface area contributed by atoms with Gasteiger partial charge < -0.3 is 14.4 Å². The monoisotopic (exact) mass is 410 g/mol. The summed E-state index contributed by atoms with van der Waals surface area (Å²) in [5, 5.41) is 0. The summed E-state index contributed by atoms with van der Waals surface area (Å²) in [5.74, 6) is -0.368. The van der Waals surface area contributed by atoms with Crippen LogP contribution in [0.25, 0.3) is 0 Å². The van der Waals surface area contributed by atoms with E-state index in [9.17, 15) is 18.0 Å². The summed E-state index contributed by atoms with van der Waals surface area (Å²) in [6.45, 7) is 5.68. The zero-order valence-corrected chi connectivity index (χ0v) is 15.1. The van der Waals surface area contributed by atoms with Crippen LogP contribution in [0.2, 0.25) is 0 Å². The SMILES string of the molecule is CC(C)(C)OC(=O)N1CCC1COc1cc(Br)cnc1C(F)(F)F. The molecule has 9 heteroatoms. The van der Waals surface area contributed by atoms with Crippen LogP contribution >= 0.6 is 15.9 Å². The van der Waals surface area contributed by atoms with E-state index in [1.807, 2.05) is 0 Å². The second kappa shape index (κ2) is 6.78. The van der Waals surface area contributed by atoms with Crippen LogP contribution in [0.15, 0.2) is 16.7 Å². The highest BCUT2D eigenvalue weighted by molar-refractivity contribution is 9.10. The van der Waals surface area contributed by atoms with E-state index in [1.165, 1.54) is 11.0 Å². The zero-order chi connectivity index (χ0) is 18.1. The number of rotatable bonds is 3. The van der Waals surface area contributed by atoms with Gasteiger partial charge in [0.25, 0.3) is 0 Å². The topological polar surface area (TPSA) is 51.7 Å². The highest BCUT2D eigenvalue weighted by atomic mass is 79.9. The van der Waals surface area contributed by atoms with Crippen LogP contribution in [0.1, 0.15) is 32.9 Å². The number of carbonyl (C=O) groups excluding carboxylic acids is 1. The van der Waals surface area contributed by atoms with Crippen LogP contribution in [0, 0.1) is 0 Å². The normalized spacial score (nSPS) is 18.1. The minimum Gasteiger partial charge on any atom is -0.489 e. The quantitative estimate of drug-likeness (QED) is 0.747. The number of pyridine rings is 1. The van der Waals surface area contributed by atoms with Crippen LogP contribution in [0.4, 0.5) is 18.0 Å². The first-order valence-corrected chi connectivity index (χ1v) is 8.12. The first-order valence-electron chi connectivity index (χ1n) is 7.32. The summed E-state index contributed by atoms with van der Waals surface area (Å²) in [6, 6.07) is 0.895. The van der Waals surface area contributed by atoms with Gasteiger partial charge in [0, 0.05) is 17.2 Å². The molecule has 0 bridgehead atoms. The maximum atomic E-state index is 12.9. The second-order valence-corrected chi connectivity index (χ2v) is 7.34. The van der Waals surface area contributed by atoms with Crippen LogP contribution in [0.5, 0.6) is 5.75 Å². The molecule has 1 aromatic heterocycles. The predicted octanol–water partition coefficient (Wildman–Crippen LogP) is 4.25. The van der Waals surface area contributed by atoms with Crippen molar-refractivity contribution in [2.75, 3.05) is 13.2 Å². The lowest BCUT2D eigenvalue weighted by molar-refractivity contribution is -0.142. The van der Waals surface area contributed by atoms with E-state index < -0.39 is 23.6 Å². The van der Waals surface area contributed by atoms with E-state index in [1.54, 1.807) is 20.8 Å². The van der Waals surface area contributed by atoms with Gasteiger partial charge in [-0.25, -0.2) is 9.78 Å². The van der Waals surface area contributed by atoms with Crippen molar-refractivity contribution in [1.29, 1.82) is 0 Å². The van der Waals surface area contributed by atoms with Gasteiger partial charge in [-0.05, 0) is 49.2 Å². The number of halogens is 4. The Kier molecular flexibility index (Phi) is 5.31. The minimum absolute atomic E-state index is 0.0551. The van der Waals surface area contributed by atoms with Crippen molar-refractivity contribution in [3.05, 3.63) is 22.4 Å². The van der Waals surface area contributed by atoms with Crippen LogP contribution < -0.4 is 4.74 Å². The molecule has 134 valence electrons. The van der Waals surface area contributed by atoms with E-state index >= 15 is 0 Å². The van der Waals surface area contributed by atoms with Crippen molar-refractivity contribution in [1.82, 2.24) is 9.88 Å². The van der Waals surface area contributed by atoms with Crippen molar-refractivity contribution in [2.45, 2.75) is 45.0 Å². The van der Waals surface area contributed by atoms with E-state index in [-0.39, 0.29) is 18.4 Å². The van der Waals surface area contributed by atoms with Crippen molar-refractivity contribution < 1.29 is 27.4 Å². The molecule has 1 aromatic rings. The molecule has 1 saturated heterocycles. The number of carbonyl (C=O) groups is 1. The number of amides is 1. The Morgan fingerprint density at radius 1 is 1.42 bits per heavy atom. The molecule has 1 unspecified atom stereocenters. The fraction of sp³-hybridized carbons (Fsp3) is 0.600. The van der Waals surface area contributed by atoms with Gasteiger partial charge in [0.15, 0.2) is 11.4 Å². The zero-order valence-electron chi connectivity index (χ0n) is 13.5. The Bertz CT molecular complexity index is 617. The highest BCUT2D eigenvalue weighted by Crippen LogP contribution is 2.36. The number of likely N-dealkylation sites (tertiary alicyclic amines) is 1. The molecule has 0 N–H and O–H groups in total. The Morgan fingerprint density at radius 3 is 2.58 bits per heavy atom. The van der Waals surface area contributed by atoms with Crippen LogP contribution in [0.3, 0.4) is 0 Å². The van der Waals surface area contributed by atoms with Crippen LogP contribution in [-0.2, 0) is 10.9 Å². The molecule has 1 fully saturated rings. The average Bonchev–Trinajstić information content (AvgIpc) is 2.33. The molecule has 0 saturated carbocycles. The lowest BCUT2D eigenvalue weighted by atomic mass is 10.1. The predicted molar refractivity (Wildman–Crippen MR) is 83.8 cm³/mol. The fourth-order valence-electron chi connectivity index (χ4n) is 2.10. The Morgan fingerprint density at radius 2 is 2.08 bits per heavy atom. The second-order valence-electron chi connectivity index (χ2n) is 6.43. The molecular formula is C15H18BrF3N2O3. The van der Waals surface area contributed by atoms with Gasteiger partial charge in [-0.2, -0.15) is 13.2 Å². The van der Waals surface area contributed by atoms with Gasteiger partial charge in [0.2, 0.25) is 0 Å². The first-order chi connectivity index (χ1) is 11.0. The van der Waals surface area contributed by atoms with Gasteiger partial charge in [-0.1, -0.05) is 0 Å². The highest BCUT2D eigenvalue weighted by Gasteiger charge is 2.39. The summed E-state index contributed by atoms with van der Waals surface area (Å²) in [6.07, 6.45) is -3.40. The van der Waals surface area contributed by atoms with Gasteiger partial charge in [0.05, 0.1) is 6.04 Å². The Labute approximate surface area is 146 Å². The molecular weight excluding hydrogens is 393 g/mol. The van der Waals surface area contributed by atoms with E-state index in [0.717, 1.165) is 6.20 Å². The van der Waals surface area contributed by atoms with Crippen molar-refractivity contribution in [3.63, 3.8) is 0 Å². The molecule has 1 atom stereocenters. The number of nitrogens with zero attached hydrogens (tertiary/aromatic N) is 2. The number of hydrogen-bond donors (Lipinski definition) is 0. The third-order valence-corrected chi connectivity index (χ3v) is 3.72. The third kappa shape index (κ3) is 4.75. The average molecular weight is 411 g/mol. The number of hydrogen-bond acceptors (Lipinski definition) is 4. The summed E-state index contributed by atoms with van der Waals surface area (Å²) < 4.78 is 49.8. The van der Waals surface area contributed by atoms with Gasteiger partial charge in [0.1, 0.15) is 12.2 Å². The summed E-state index contributed by atoms with van der Waals surface area (Å²) in [5.41, 5.74) is -1.72. The van der Waals surface area contributed by atoms with Crippen molar-refractivity contribution in [2.24, 2.45) is 0 Å². The number of alkyl halides is 3. The molecule has 2 rings (SSSR count). The molecule has 1 aliphatic rings. The molecule has 2 heterocycles. The van der Waals surface area contributed by atoms with E-state index in [4.69, 9.17) is 9.47 Å². The lowest BCUT2D eigenvalue weighted by Crippen LogP contribution is -2.55. The summed E-state index contributed by atoms with van der Waals surface area (Å²) in [4.78, 5) is 16.8. The summed E-state index contributed by atoms with van der Waals surface area (Å²) in [7, 11) is 0. The number of aromatic nitrogens is 1. The summed E-state index contributed by atoms with van der Waals surface area (Å²) >= 11 is 3.07. The third-order valence-electron chi connectivity index (χ3n) is 3.29. The largest absolute Gasteiger partial charge is 0.489 e. The van der Waals surface area contributed by atoms with Crippen molar-refractivity contribution in [3.8, 4) is 5.75 Å². The maximum absolute atomic E-state index is 12.9. The van der Waals surface area contributed by atoms with E-state index in [2.05, 4.69) is 20.9 Å². The molecule has 0 spiro atoms. The standard InChI is InChI=1S/C15H18BrF3N2O3/c1-14(2,3)24-13(22)21-5-4-10(21)8-23-11-6-9(16)7-20-12(11)15(17,18)19/h6-7,10H,4-5,8H2,1-3H3. The molecule has 0 aliphatic carbocycles. The van der Waals surface area contributed by atoms with Gasteiger partial charge >= 0.3 is 12.3 Å². The van der Waals surface area contributed by atoms with E-state index in [0.29, 0.717) is 17.4 Å². The maximum Gasteiger partial charge on any atom is 0.437 e. The Hall–Kier alpha value is -1.51. The molecule has 5 nitrogen and oxygen atoms in total. The minimum atomic E-state index is -4.61. The first kappa shape index (κ1) is 18.8. The molecule has 24 heavy (non-hydrogen) atoms. The lowest BCUT2D eigenvalue weighted by Gasteiger charge is -2.41. The smallest absolute Gasteiger partial charge is 0.437 e. The van der Waals surface area contributed by atoms with Crippen LogP contribution in [-0.4, -0.2) is 40.8 Å². The molecule has 1 amide bonds. The molecule has 0 aromatic carbocycles.